The van der Waals surface area contributed by atoms with Crippen molar-refractivity contribution in [2.45, 2.75) is 6.54 Å². The molecule has 0 aromatic heterocycles. The first-order chi connectivity index (χ1) is 8.29. The standard InChI is InChI=1S/C14H14ClNO/c1-17-13-8-6-12(7-9-13)16-10-11-4-2-3-5-14(11)15/h2-9,16H,10H2,1H3. The van der Waals surface area contributed by atoms with Crippen LogP contribution in [0.5, 0.6) is 5.75 Å². The Morgan fingerprint density at radius 3 is 2.41 bits per heavy atom. The molecule has 1 N–H and O–H groups in total. The van der Waals surface area contributed by atoms with E-state index in [1.54, 1.807) is 7.11 Å². The van der Waals surface area contributed by atoms with Crippen molar-refractivity contribution in [1.29, 1.82) is 0 Å². The first-order valence-electron chi connectivity index (χ1n) is 5.41. The van der Waals surface area contributed by atoms with Crippen molar-refractivity contribution in [3.8, 4) is 5.75 Å². The van der Waals surface area contributed by atoms with Crippen molar-refractivity contribution < 1.29 is 4.74 Å². The minimum absolute atomic E-state index is 0.714. The summed E-state index contributed by atoms with van der Waals surface area (Å²) in [5.41, 5.74) is 2.13. The number of anilines is 1. The molecule has 17 heavy (non-hydrogen) atoms. The lowest BCUT2D eigenvalue weighted by Gasteiger charge is -2.08. The predicted molar refractivity (Wildman–Crippen MR) is 71.8 cm³/mol. The molecule has 0 radical (unpaired) electrons. The largest absolute Gasteiger partial charge is 0.497 e. The van der Waals surface area contributed by atoms with Crippen molar-refractivity contribution in [2.75, 3.05) is 12.4 Å². The van der Waals surface area contributed by atoms with Crippen molar-refractivity contribution in [3.63, 3.8) is 0 Å². The van der Waals surface area contributed by atoms with Crippen LogP contribution in [0.1, 0.15) is 5.56 Å². The summed E-state index contributed by atoms with van der Waals surface area (Å²) >= 11 is 6.08. The lowest BCUT2D eigenvalue weighted by Crippen LogP contribution is -1.99. The van der Waals surface area contributed by atoms with Gasteiger partial charge in [-0.05, 0) is 35.9 Å². The van der Waals surface area contributed by atoms with Gasteiger partial charge in [0, 0.05) is 17.3 Å². The highest BCUT2D eigenvalue weighted by molar-refractivity contribution is 6.31. The van der Waals surface area contributed by atoms with Crippen LogP contribution in [0.4, 0.5) is 5.69 Å². The fourth-order valence-corrected chi connectivity index (χ4v) is 1.75. The van der Waals surface area contributed by atoms with Crippen LogP contribution in [-0.2, 0) is 6.54 Å². The summed E-state index contributed by atoms with van der Waals surface area (Å²) in [6, 6.07) is 15.6. The van der Waals surface area contributed by atoms with Crippen LogP contribution in [0.3, 0.4) is 0 Å². The number of nitrogens with one attached hydrogen (secondary N) is 1. The van der Waals surface area contributed by atoms with Crippen LogP contribution < -0.4 is 10.1 Å². The Bertz CT molecular complexity index is 482. The van der Waals surface area contributed by atoms with Crippen LogP contribution >= 0.6 is 11.6 Å². The Morgan fingerprint density at radius 2 is 1.76 bits per heavy atom. The number of benzene rings is 2. The van der Waals surface area contributed by atoms with E-state index in [4.69, 9.17) is 16.3 Å². The second-order valence-corrected chi connectivity index (χ2v) is 4.08. The number of ether oxygens (including phenoxy) is 1. The molecular formula is C14H14ClNO. The first-order valence-corrected chi connectivity index (χ1v) is 5.79. The molecule has 0 atom stereocenters. The highest BCUT2D eigenvalue weighted by Crippen LogP contribution is 2.18. The molecule has 0 fully saturated rings. The van der Waals surface area contributed by atoms with E-state index in [0.717, 1.165) is 22.0 Å². The molecule has 88 valence electrons. The van der Waals surface area contributed by atoms with E-state index in [2.05, 4.69) is 5.32 Å². The van der Waals surface area contributed by atoms with Crippen molar-refractivity contribution in [1.82, 2.24) is 0 Å². The fraction of sp³-hybridized carbons (Fsp3) is 0.143. The van der Waals surface area contributed by atoms with Gasteiger partial charge in [0.1, 0.15) is 5.75 Å². The Morgan fingerprint density at radius 1 is 1.06 bits per heavy atom. The monoisotopic (exact) mass is 247 g/mol. The lowest BCUT2D eigenvalue weighted by atomic mass is 10.2. The Hall–Kier alpha value is -1.67. The summed E-state index contributed by atoms with van der Waals surface area (Å²) in [6.45, 7) is 0.714. The van der Waals surface area contributed by atoms with Gasteiger partial charge in [0.15, 0.2) is 0 Å². The molecule has 3 heteroatoms. The maximum absolute atomic E-state index is 6.08. The van der Waals surface area contributed by atoms with Gasteiger partial charge in [0.05, 0.1) is 7.11 Å². The zero-order valence-corrected chi connectivity index (χ0v) is 10.4. The van der Waals surface area contributed by atoms with E-state index < -0.39 is 0 Å². The third kappa shape index (κ3) is 3.14. The molecule has 0 amide bonds. The number of halogens is 1. The summed E-state index contributed by atoms with van der Waals surface area (Å²) in [6.07, 6.45) is 0. The summed E-state index contributed by atoms with van der Waals surface area (Å²) in [5.74, 6) is 0.855. The van der Waals surface area contributed by atoms with Gasteiger partial charge in [0.25, 0.3) is 0 Å². The fourth-order valence-electron chi connectivity index (χ4n) is 1.55. The molecule has 0 unspecified atom stereocenters. The van der Waals surface area contributed by atoms with E-state index >= 15 is 0 Å². The number of hydrogen-bond donors (Lipinski definition) is 1. The van der Waals surface area contributed by atoms with Gasteiger partial charge in [-0.15, -0.1) is 0 Å². The molecule has 0 bridgehead atoms. The second kappa shape index (κ2) is 5.60. The van der Waals surface area contributed by atoms with E-state index in [9.17, 15) is 0 Å². The van der Waals surface area contributed by atoms with Crippen LogP contribution in [0.2, 0.25) is 5.02 Å². The number of hydrogen-bond acceptors (Lipinski definition) is 2. The minimum atomic E-state index is 0.714. The lowest BCUT2D eigenvalue weighted by molar-refractivity contribution is 0.415. The molecule has 0 heterocycles. The minimum Gasteiger partial charge on any atom is -0.497 e. The number of methoxy groups -OCH3 is 1. The van der Waals surface area contributed by atoms with Crippen molar-refractivity contribution >= 4 is 17.3 Å². The topological polar surface area (TPSA) is 21.3 Å². The molecule has 0 aliphatic heterocycles. The summed E-state index contributed by atoms with van der Waals surface area (Å²) in [7, 11) is 1.66. The van der Waals surface area contributed by atoms with E-state index in [-0.39, 0.29) is 0 Å². The van der Waals surface area contributed by atoms with E-state index in [0.29, 0.717) is 6.54 Å². The molecule has 0 aliphatic rings. The Labute approximate surface area is 106 Å². The average molecular weight is 248 g/mol. The van der Waals surface area contributed by atoms with Gasteiger partial charge in [-0.25, -0.2) is 0 Å². The first kappa shape index (κ1) is 11.8. The Balaban J connectivity index is 2.00. The summed E-state index contributed by atoms with van der Waals surface area (Å²) < 4.78 is 5.10. The van der Waals surface area contributed by atoms with Crippen molar-refractivity contribution in [2.24, 2.45) is 0 Å². The third-order valence-electron chi connectivity index (χ3n) is 2.53. The molecule has 0 aliphatic carbocycles. The zero-order chi connectivity index (χ0) is 12.1. The van der Waals surface area contributed by atoms with Gasteiger partial charge in [-0.3, -0.25) is 0 Å². The van der Waals surface area contributed by atoms with Crippen LogP contribution in [0.15, 0.2) is 48.5 Å². The van der Waals surface area contributed by atoms with Gasteiger partial charge in [-0.2, -0.15) is 0 Å². The van der Waals surface area contributed by atoms with Gasteiger partial charge < -0.3 is 10.1 Å². The molecular weight excluding hydrogens is 234 g/mol. The second-order valence-electron chi connectivity index (χ2n) is 3.67. The van der Waals surface area contributed by atoms with E-state index in [1.807, 2.05) is 48.5 Å². The number of rotatable bonds is 4. The van der Waals surface area contributed by atoms with Gasteiger partial charge in [0.2, 0.25) is 0 Å². The van der Waals surface area contributed by atoms with E-state index in [1.165, 1.54) is 0 Å². The molecule has 2 aromatic rings. The summed E-state index contributed by atoms with van der Waals surface area (Å²) in [4.78, 5) is 0. The maximum atomic E-state index is 6.08. The normalized spacial score (nSPS) is 10.0. The Kier molecular flexibility index (Phi) is 3.89. The molecule has 0 spiro atoms. The van der Waals surface area contributed by atoms with Crippen molar-refractivity contribution in [3.05, 3.63) is 59.1 Å². The average Bonchev–Trinajstić information content (AvgIpc) is 2.38. The molecule has 0 saturated heterocycles. The smallest absolute Gasteiger partial charge is 0.119 e. The van der Waals surface area contributed by atoms with Gasteiger partial charge >= 0.3 is 0 Å². The summed E-state index contributed by atoms with van der Waals surface area (Å²) in [5, 5.41) is 4.10. The molecule has 0 saturated carbocycles. The molecule has 2 aromatic carbocycles. The van der Waals surface area contributed by atoms with Gasteiger partial charge in [-0.1, -0.05) is 29.8 Å². The predicted octanol–water partition coefficient (Wildman–Crippen LogP) is 3.96. The van der Waals surface area contributed by atoms with Crippen LogP contribution in [-0.4, -0.2) is 7.11 Å². The maximum Gasteiger partial charge on any atom is 0.119 e. The van der Waals surface area contributed by atoms with Crippen LogP contribution in [0.25, 0.3) is 0 Å². The highest BCUT2D eigenvalue weighted by Gasteiger charge is 1.98. The third-order valence-corrected chi connectivity index (χ3v) is 2.90. The quantitative estimate of drug-likeness (QED) is 0.883. The highest BCUT2D eigenvalue weighted by atomic mass is 35.5. The molecule has 2 rings (SSSR count). The SMILES string of the molecule is COc1ccc(NCc2ccccc2Cl)cc1. The van der Waals surface area contributed by atoms with Crippen LogP contribution in [0, 0.1) is 0 Å². The zero-order valence-electron chi connectivity index (χ0n) is 9.61. The molecule has 2 nitrogen and oxygen atoms in total.